The summed E-state index contributed by atoms with van der Waals surface area (Å²) in [4.78, 5) is 2.37. The van der Waals surface area contributed by atoms with Gasteiger partial charge in [-0.1, -0.05) is 12.1 Å². The maximum atomic E-state index is 8.89. The summed E-state index contributed by atoms with van der Waals surface area (Å²) in [7, 11) is 1.67. The van der Waals surface area contributed by atoms with Gasteiger partial charge in [0, 0.05) is 26.2 Å². The maximum absolute atomic E-state index is 8.89. The van der Waals surface area contributed by atoms with Crippen molar-refractivity contribution < 1.29 is 14.6 Å². The van der Waals surface area contributed by atoms with Crippen LogP contribution < -0.4 is 9.47 Å². The summed E-state index contributed by atoms with van der Waals surface area (Å²) in [5.41, 5.74) is 2.56. The zero-order valence-corrected chi connectivity index (χ0v) is 13.0. The molecule has 0 amide bonds. The van der Waals surface area contributed by atoms with Gasteiger partial charge in [0.25, 0.3) is 0 Å². The van der Waals surface area contributed by atoms with Gasteiger partial charge in [0.1, 0.15) is 0 Å². The molecule has 0 radical (unpaired) electrons. The van der Waals surface area contributed by atoms with Crippen LogP contribution in [0.25, 0.3) is 5.57 Å². The highest BCUT2D eigenvalue weighted by Crippen LogP contribution is 2.32. The van der Waals surface area contributed by atoms with Gasteiger partial charge < -0.3 is 14.6 Å². The summed E-state index contributed by atoms with van der Waals surface area (Å²) < 4.78 is 11.0. The lowest BCUT2D eigenvalue weighted by Gasteiger charge is -2.26. The average molecular weight is 291 g/mol. The van der Waals surface area contributed by atoms with Crippen LogP contribution in [-0.2, 0) is 0 Å². The molecule has 1 aliphatic heterocycles. The zero-order valence-electron chi connectivity index (χ0n) is 13.0. The Morgan fingerprint density at radius 1 is 1.29 bits per heavy atom. The lowest BCUT2D eigenvalue weighted by atomic mass is 9.99. The molecule has 0 aromatic heterocycles. The van der Waals surface area contributed by atoms with E-state index in [0.29, 0.717) is 6.61 Å². The fraction of sp³-hybridized carbons (Fsp3) is 0.529. The summed E-state index contributed by atoms with van der Waals surface area (Å²) in [6.07, 6.45) is 4.15. The van der Waals surface area contributed by atoms with Crippen molar-refractivity contribution in [2.24, 2.45) is 0 Å². The SMILES string of the molecule is CCOc1ccc(C2=CCN(CCCO)CC2)cc1OC. The van der Waals surface area contributed by atoms with Crippen LogP contribution in [0.5, 0.6) is 11.5 Å². The van der Waals surface area contributed by atoms with E-state index in [-0.39, 0.29) is 6.61 Å². The molecule has 21 heavy (non-hydrogen) atoms. The van der Waals surface area contributed by atoms with E-state index in [1.807, 2.05) is 13.0 Å². The smallest absolute Gasteiger partial charge is 0.161 e. The highest BCUT2D eigenvalue weighted by Gasteiger charge is 2.14. The van der Waals surface area contributed by atoms with Crippen molar-refractivity contribution in [3.05, 3.63) is 29.8 Å². The molecule has 1 aromatic carbocycles. The predicted octanol–water partition coefficient (Wildman–Crippen LogP) is 2.57. The highest BCUT2D eigenvalue weighted by molar-refractivity contribution is 5.69. The molecule has 1 N–H and O–H groups in total. The van der Waals surface area contributed by atoms with Crippen molar-refractivity contribution >= 4 is 5.57 Å². The number of aliphatic hydroxyl groups is 1. The van der Waals surface area contributed by atoms with Gasteiger partial charge >= 0.3 is 0 Å². The van der Waals surface area contributed by atoms with Gasteiger partial charge in [-0.3, -0.25) is 4.90 Å². The summed E-state index contributed by atoms with van der Waals surface area (Å²) in [5.74, 6) is 1.59. The number of hydrogen-bond donors (Lipinski definition) is 1. The summed E-state index contributed by atoms with van der Waals surface area (Å²) in [5, 5.41) is 8.89. The molecule has 0 fully saturated rings. The third-order valence-electron chi connectivity index (χ3n) is 3.76. The van der Waals surface area contributed by atoms with Gasteiger partial charge in [-0.2, -0.15) is 0 Å². The minimum absolute atomic E-state index is 0.267. The van der Waals surface area contributed by atoms with Crippen LogP contribution in [0.3, 0.4) is 0 Å². The highest BCUT2D eigenvalue weighted by atomic mass is 16.5. The molecule has 0 spiro atoms. The van der Waals surface area contributed by atoms with Crippen LogP contribution in [0.15, 0.2) is 24.3 Å². The number of hydrogen-bond acceptors (Lipinski definition) is 4. The van der Waals surface area contributed by atoms with Crippen LogP contribution in [0.2, 0.25) is 0 Å². The molecule has 4 nitrogen and oxygen atoms in total. The van der Waals surface area contributed by atoms with Gasteiger partial charge in [-0.15, -0.1) is 0 Å². The number of rotatable bonds is 7. The Hall–Kier alpha value is -1.52. The van der Waals surface area contributed by atoms with Crippen molar-refractivity contribution in [3.63, 3.8) is 0 Å². The molecular formula is C17H25NO3. The molecule has 0 bridgehead atoms. The van der Waals surface area contributed by atoms with E-state index >= 15 is 0 Å². The van der Waals surface area contributed by atoms with Crippen molar-refractivity contribution in [2.75, 3.05) is 40.0 Å². The van der Waals surface area contributed by atoms with Crippen molar-refractivity contribution in [1.29, 1.82) is 0 Å². The van der Waals surface area contributed by atoms with E-state index in [0.717, 1.165) is 44.0 Å². The number of methoxy groups -OCH3 is 1. The summed E-state index contributed by atoms with van der Waals surface area (Å²) in [6.45, 7) is 5.83. The Balaban J connectivity index is 2.07. The van der Waals surface area contributed by atoms with E-state index in [1.165, 1.54) is 11.1 Å². The first-order valence-corrected chi connectivity index (χ1v) is 7.62. The zero-order chi connectivity index (χ0) is 15.1. The quantitative estimate of drug-likeness (QED) is 0.838. The van der Waals surface area contributed by atoms with Crippen molar-refractivity contribution in [2.45, 2.75) is 19.8 Å². The third kappa shape index (κ3) is 4.22. The second kappa shape index (κ2) is 8.05. The number of ether oxygens (including phenoxy) is 2. The van der Waals surface area contributed by atoms with E-state index in [1.54, 1.807) is 7.11 Å². The first-order chi connectivity index (χ1) is 10.3. The molecule has 0 saturated carbocycles. The molecule has 1 aliphatic rings. The Bertz CT molecular complexity index is 485. The lowest BCUT2D eigenvalue weighted by Crippen LogP contribution is -2.29. The summed E-state index contributed by atoms with van der Waals surface area (Å²) >= 11 is 0. The molecule has 2 rings (SSSR count). The first kappa shape index (κ1) is 15.9. The predicted molar refractivity (Wildman–Crippen MR) is 84.9 cm³/mol. The molecular weight excluding hydrogens is 266 g/mol. The minimum Gasteiger partial charge on any atom is -0.493 e. The van der Waals surface area contributed by atoms with E-state index in [2.05, 4.69) is 23.1 Å². The van der Waals surface area contributed by atoms with E-state index in [4.69, 9.17) is 14.6 Å². The number of benzene rings is 1. The van der Waals surface area contributed by atoms with Crippen molar-refractivity contribution in [3.8, 4) is 11.5 Å². The van der Waals surface area contributed by atoms with Crippen molar-refractivity contribution in [1.82, 2.24) is 4.90 Å². The molecule has 116 valence electrons. The topological polar surface area (TPSA) is 41.9 Å². The van der Waals surface area contributed by atoms with Gasteiger partial charge in [0.05, 0.1) is 13.7 Å². The van der Waals surface area contributed by atoms with Crippen LogP contribution in [0, 0.1) is 0 Å². The minimum atomic E-state index is 0.267. The summed E-state index contributed by atoms with van der Waals surface area (Å²) in [6, 6.07) is 6.14. The van der Waals surface area contributed by atoms with Gasteiger partial charge in [-0.25, -0.2) is 0 Å². The van der Waals surface area contributed by atoms with Gasteiger partial charge in [0.2, 0.25) is 0 Å². The average Bonchev–Trinajstić information content (AvgIpc) is 2.54. The molecule has 0 saturated heterocycles. The Morgan fingerprint density at radius 3 is 2.76 bits per heavy atom. The van der Waals surface area contributed by atoms with Gasteiger partial charge in [-0.05, 0) is 43.0 Å². The van der Waals surface area contributed by atoms with Crippen LogP contribution >= 0.6 is 0 Å². The van der Waals surface area contributed by atoms with E-state index in [9.17, 15) is 0 Å². The van der Waals surface area contributed by atoms with E-state index < -0.39 is 0 Å². The number of nitrogens with zero attached hydrogens (tertiary/aromatic N) is 1. The Labute approximate surface area is 127 Å². The Kier molecular flexibility index (Phi) is 6.08. The van der Waals surface area contributed by atoms with Crippen LogP contribution in [0.4, 0.5) is 0 Å². The first-order valence-electron chi connectivity index (χ1n) is 7.62. The molecule has 0 atom stereocenters. The second-order valence-corrected chi connectivity index (χ2v) is 5.16. The van der Waals surface area contributed by atoms with Crippen LogP contribution in [-0.4, -0.2) is 50.0 Å². The normalized spacial score (nSPS) is 15.7. The fourth-order valence-corrected chi connectivity index (χ4v) is 2.61. The maximum Gasteiger partial charge on any atom is 0.161 e. The molecule has 1 aromatic rings. The molecule has 0 unspecified atom stereocenters. The van der Waals surface area contributed by atoms with Gasteiger partial charge in [0.15, 0.2) is 11.5 Å². The molecule has 4 heteroatoms. The monoisotopic (exact) mass is 291 g/mol. The fourth-order valence-electron chi connectivity index (χ4n) is 2.61. The number of aliphatic hydroxyl groups excluding tert-OH is 1. The molecule has 0 aliphatic carbocycles. The van der Waals surface area contributed by atoms with Crippen LogP contribution in [0.1, 0.15) is 25.3 Å². The largest absolute Gasteiger partial charge is 0.493 e. The molecule has 1 heterocycles. The second-order valence-electron chi connectivity index (χ2n) is 5.16. The standard InChI is InChI=1S/C17H25NO3/c1-3-21-16-6-5-15(13-17(16)20-2)14-7-10-18(11-8-14)9-4-12-19/h5-7,13,19H,3-4,8-12H2,1-2H3. The lowest BCUT2D eigenvalue weighted by molar-refractivity contribution is 0.236. The Morgan fingerprint density at radius 2 is 2.14 bits per heavy atom. The third-order valence-corrected chi connectivity index (χ3v) is 3.76.